The number of aromatic amines is 2. The number of pyridine rings is 1. The molecule has 1 aliphatic rings. The minimum atomic E-state index is -0.0603. The second-order valence-corrected chi connectivity index (χ2v) is 7.02. The lowest BCUT2D eigenvalue weighted by atomic mass is 10.0. The van der Waals surface area contributed by atoms with Crippen LogP contribution in [0, 0.1) is 0 Å². The van der Waals surface area contributed by atoms with Gasteiger partial charge in [-0.15, -0.1) is 0 Å². The van der Waals surface area contributed by atoms with Crippen LogP contribution in [0.4, 0.5) is 0 Å². The Bertz CT molecular complexity index is 1110. The van der Waals surface area contributed by atoms with Gasteiger partial charge >= 0.3 is 0 Å². The third-order valence-corrected chi connectivity index (χ3v) is 5.19. The first-order valence-electron chi connectivity index (χ1n) is 9.40. The zero-order chi connectivity index (χ0) is 18.9. The summed E-state index contributed by atoms with van der Waals surface area (Å²) >= 11 is 0. The predicted octanol–water partition coefficient (Wildman–Crippen LogP) is 3.36. The molecule has 4 heterocycles. The maximum Gasteiger partial charge on any atom is 0.265 e. The van der Waals surface area contributed by atoms with Gasteiger partial charge in [0.25, 0.3) is 5.91 Å². The summed E-state index contributed by atoms with van der Waals surface area (Å²) in [4.78, 5) is 20.1. The molecular formula is C21H20N6O. The SMILES string of the molecule is O=C(NN1CCCC1)c1ccc(-c2cnc3[nH]cc(-c4cn[nH]c4)c3c2)cc1. The minimum absolute atomic E-state index is 0.0603. The Hall–Kier alpha value is -3.45. The van der Waals surface area contributed by atoms with E-state index in [1.165, 1.54) is 0 Å². The molecule has 3 aromatic heterocycles. The van der Waals surface area contributed by atoms with Gasteiger partial charge in [-0.3, -0.25) is 15.3 Å². The highest BCUT2D eigenvalue weighted by Gasteiger charge is 2.15. The van der Waals surface area contributed by atoms with Crippen molar-refractivity contribution in [2.75, 3.05) is 13.1 Å². The third kappa shape index (κ3) is 3.05. The Kier molecular flexibility index (Phi) is 4.14. The molecule has 5 rings (SSSR count). The molecule has 7 nitrogen and oxygen atoms in total. The molecule has 0 spiro atoms. The van der Waals surface area contributed by atoms with E-state index in [9.17, 15) is 4.79 Å². The Labute approximate surface area is 161 Å². The first kappa shape index (κ1) is 16.7. The van der Waals surface area contributed by atoms with Crippen LogP contribution >= 0.6 is 0 Å². The molecule has 4 aromatic rings. The smallest absolute Gasteiger partial charge is 0.265 e. The topological polar surface area (TPSA) is 89.7 Å². The molecular weight excluding hydrogens is 352 g/mol. The first-order valence-corrected chi connectivity index (χ1v) is 9.40. The molecule has 0 unspecified atom stereocenters. The Morgan fingerprint density at radius 3 is 2.57 bits per heavy atom. The van der Waals surface area contributed by atoms with Gasteiger partial charge in [0.1, 0.15) is 5.65 Å². The van der Waals surface area contributed by atoms with E-state index in [1.54, 1.807) is 6.20 Å². The number of hydrogen-bond donors (Lipinski definition) is 3. The molecule has 0 bridgehead atoms. The van der Waals surface area contributed by atoms with E-state index in [2.05, 4.69) is 31.7 Å². The standard InChI is InChI=1S/C21H20N6O/c28-21(26-27-7-1-2-8-27)15-5-3-14(4-6-15)16-9-18-19(17-11-24-25-12-17)13-23-20(18)22-10-16/h3-6,9-13H,1-2,7-8H2,(H,22,23)(H,24,25)(H,26,28). The number of hydrogen-bond acceptors (Lipinski definition) is 4. The molecule has 0 aliphatic carbocycles. The van der Waals surface area contributed by atoms with Crippen molar-refractivity contribution in [3.05, 3.63) is 60.7 Å². The highest BCUT2D eigenvalue weighted by atomic mass is 16.2. The molecule has 1 aromatic carbocycles. The van der Waals surface area contributed by atoms with Crippen molar-refractivity contribution in [3.63, 3.8) is 0 Å². The lowest BCUT2D eigenvalue weighted by Crippen LogP contribution is -2.39. The summed E-state index contributed by atoms with van der Waals surface area (Å²) in [5.74, 6) is -0.0603. The van der Waals surface area contributed by atoms with Crippen molar-refractivity contribution in [3.8, 4) is 22.3 Å². The highest BCUT2D eigenvalue weighted by Crippen LogP contribution is 2.30. The van der Waals surface area contributed by atoms with Crippen molar-refractivity contribution < 1.29 is 4.79 Å². The van der Waals surface area contributed by atoms with Gasteiger partial charge in [-0.2, -0.15) is 5.10 Å². The average molecular weight is 372 g/mol. The van der Waals surface area contributed by atoms with Crippen LogP contribution in [-0.4, -0.2) is 44.2 Å². The van der Waals surface area contributed by atoms with E-state index in [0.29, 0.717) is 5.56 Å². The van der Waals surface area contributed by atoms with Gasteiger partial charge in [0.05, 0.1) is 6.20 Å². The number of hydrazine groups is 1. The van der Waals surface area contributed by atoms with Crippen LogP contribution in [0.2, 0.25) is 0 Å². The van der Waals surface area contributed by atoms with E-state index >= 15 is 0 Å². The fourth-order valence-corrected chi connectivity index (χ4v) is 3.65. The van der Waals surface area contributed by atoms with Gasteiger partial charge in [0.2, 0.25) is 0 Å². The van der Waals surface area contributed by atoms with Gasteiger partial charge < -0.3 is 4.98 Å². The van der Waals surface area contributed by atoms with Gasteiger partial charge in [0.15, 0.2) is 0 Å². The first-order chi connectivity index (χ1) is 13.8. The van der Waals surface area contributed by atoms with Gasteiger partial charge in [-0.1, -0.05) is 12.1 Å². The van der Waals surface area contributed by atoms with E-state index < -0.39 is 0 Å². The normalized spacial score (nSPS) is 14.6. The highest BCUT2D eigenvalue weighted by molar-refractivity contribution is 5.96. The van der Waals surface area contributed by atoms with Crippen LogP contribution in [0.1, 0.15) is 23.2 Å². The molecule has 1 amide bonds. The van der Waals surface area contributed by atoms with Crippen LogP contribution in [0.15, 0.2) is 55.1 Å². The number of aromatic nitrogens is 4. The van der Waals surface area contributed by atoms with Crippen molar-refractivity contribution >= 4 is 16.9 Å². The second-order valence-electron chi connectivity index (χ2n) is 7.02. The zero-order valence-electron chi connectivity index (χ0n) is 15.3. The molecule has 1 fully saturated rings. The zero-order valence-corrected chi connectivity index (χ0v) is 15.3. The van der Waals surface area contributed by atoms with Crippen molar-refractivity contribution in [2.24, 2.45) is 0 Å². The summed E-state index contributed by atoms with van der Waals surface area (Å²) in [7, 11) is 0. The largest absolute Gasteiger partial charge is 0.346 e. The van der Waals surface area contributed by atoms with Gasteiger partial charge in [-0.25, -0.2) is 9.99 Å². The summed E-state index contributed by atoms with van der Waals surface area (Å²) < 4.78 is 0. The van der Waals surface area contributed by atoms with Crippen LogP contribution in [-0.2, 0) is 0 Å². The number of nitrogens with zero attached hydrogens (tertiary/aromatic N) is 3. The number of carbonyl (C=O) groups is 1. The van der Waals surface area contributed by atoms with Crippen molar-refractivity contribution in [2.45, 2.75) is 12.8 Å². The number of fused-ring (bicyclic) bond motifs is 1. The van der Waals surface area contributed by atoms with Crippen LogP contribution < -0.4 is 5.43 Å². The summed E-state index contributed by atoms with van der Waals surface area (Å²) in [6, 6.07) is 9.76. The lowest BCUT2D eigenvalue weighted by molar-refractivity contribution is 0.0826. The number of carbonyl (C=O) groups excluding carboxylic acids is 1. The van der Waals surface area contributed by atoms with Crippen LogP contribution in [0.5, 0.6) is 0 Å². The minimum Gasteiger partial charge on any atom is -0.346 e. The predicted molar refractivity (Wildman–Crippen MR) is 107 cm³/mol. The monoisotopic (exact) mass is 372 g/mol. The fraction of sp³-hybridized carbons (Fsp3) is 0.190. The molecule has 7 heteroatoms. The fourth-order valence-electron chi connectivity index (χ4n) is 3.65. The molecule has 0 saturated carbocycles. The Morgan fingerprint density at radius 1 is 1.00 bits per heavy atom. The number of nitrogens with one attached hydrogen (secondary N) is 3. The molecule has 1 aliphatic heterocycles. The van der Waals surface area contributed by atoms with Crippen molar-refractivity contribution in [1.29, 1.82) is 0 Å². The molecule has 0 atom stereocenters. The molecule has 1 saturated heterocycles. The number of H-pyrrole nitrogens is 2. The Morgan fingerprint density at radius 2 is 1.82 bits per heavy atom. The van der Waals surface area contributed by atoms with E-state index in [1.807, 2.05) is 47.9 Å². The summed E-state index contributed by atoms with van der Waals surface area (Å²) in [5.41, 5.74) is 8.55. The van der Waals surface area contributed by atoms with E-state index in [0.717, 1.165) is 59.2 Å². The van der Waals surface area contributed by atoms with Crippen LogP contribution in [0.3, 0.4) is 0 Å². The van der Waals surface area contributed by atoms with E-state index in [-0.39, 0.29) is 5.91 Å². The maximum absolute atomic E-state index is 12.4. The van der Waals surface area contributed by atoms with E-state index in [4.69, 9.17) is 0 Å². The third-order valence-electron chi connectivity index (χ3n) is 5.19. The summed E-state index contributed by atoms with van der Waals surface area (Å²) in [6.45, 7) is 1.84. The molecule has 140 valence electrons. The maximum atomic E-state index is 12.4. The quantitative estimate of drug-likeness (QED) is 0.512. The number of amides is 1. The second kappa shape index (κ2) is 6.94. The van der Waals surface area contributed by atoms with Gasteiger partial charge in [-0.05, 0) is 36.6 Å². The number of rotatable bonds is 4. The number of benzene rings is 1. The van der Waals surface area contributed by atoms with Gasteiger partial charge in [0, 0.05) is 59.3 Å². The molecule has 3 N–H and O–H groups in total. The average Bonchev–Trinajstić information content (AvgIpc) is 3.48. The molecule has 28 heavy (non-hydrogen) atoms. The van der Waals surface area contributed by atoms with Crippen LogP contribution in [0.25, 0.3) is 33.3 Å². The molecule has 0 radical (unpaired) electrons. The summed E-state index contributed by atoms with van der Waals surface area (Å²) in [5, 5.41) is 9.89. The van der Waals surface area contributed by atoms with Crippen molar-refractivity contribution in [1.82, 2.24) is 30.6 Å². The summed E-state index contributed by atoms with van der Waals surface area (Å²) in [6.07, 6.45) is 9.71. The lowest BCUT2D eigenvalue weighted by Gasteiger charge is -2.16. The Balaban J connectivity index is 1.42.